The molecule has 0 aliphatic heterocycles. The van der Waals surface area contributed by atoms with Crippen molar-refractivity contribution in [1.82, 2.24) is 4.98 Å². The lowest BCUT2D eigenvalue weighted by Crippen LogP contribution is -1.97. The minimum absolute atomic E-state index is 0.804. The topological polar surface area (TPSA) is 15.8 Å². The monoisotopic (exact) mass is 191 g/mol. The zero-order chi connectivity index (χ0) is 9.80. The van der Waals surface area contributed by atoms with Crippen LogP contribution in [0.15, 0.2) is 12.3 Å². The van der Waals surface area contributed by atoms with Crippen LogP contribution in [0.3, 0.4) is 0 Å². The van der Waals surface area contributed by atoms with Crippen LogP contribution in [0.2, 0.25) is 0 Å². The maximum Gasteiger partial charge on any atom is 0.0150 e. The molecule has 1 aliphatic rings. The van der Waals surface area contributed by atoms with Gasteiger partial charge in [0.15, 0.2) is 0 Å². The first-order valence-corrected chi connectivity index (χ1v) is 6.07. The van der Waals surface area contributed by atoms with Crippen molar-refractivity contribution in [3.8, 4) is 0 Å². The minimum atomic E-state index is 0.804. The van der Waals surface area contributed by atoms with Crippen molar-refractivity contribution >= 4 is 0 Å². The smallest absolute Gasteiger partial charge is 0.0150 e. The highest BCUT2D eigenvalue weighted by Gasteiger charge is 2.12. The molecule has 1 heteroatoms. The van der Waals surface area contributed by atoms with E-state index in [4.69, 9.17) is 0 Å². The van der Waals surface area contributed by atoms with Crippen molar-refractivity contribution < 1.29 is 0 Å². The molecule has 14 heavy (non-hydrogen) atoms. The Labute approximate surface area is 86.9 Å². The predicted octanol–water partition coefficient (Wildman–Crippen LogP) is 4.01. The summed E-state index contributed by atoms with van der Waals surface area (Å²) in [5, 5.41) is 0. The van der Waals surface area contributed by atoms with Crippen LogP contribution in [0.4, 0.5) is 0 Å². The highest BCUT2D eigenvalue weighted by Crippen LogP contribution is 2.28. The van der Waals surface area contributed by atoms with Crippen molar-refractivity contribution in [3.05, 3.63) is 23.5 Å². The van der Waals surface area contributed by atoms with Crippen LogP contribution in [-0.4, -0.2) is 4.98 Å². The van der Waals surface area contributed by atoms with Crippen molar-refractivity contribution in [2.24, 2.45) is 0 Å². The highest BCUT2D eigenvalue weighted by atomic mass is 14.7. The van der Waals surface area contributed by atoms with E-state index in [2.05, 4.69) is 24.2 Å². The molecule has 1 heterocycles. The summed E-state index contributed by atoms with van der Waals surface area (Å²) in [5.41, 5.74) is 2.99. The molecule has 0 amide bonds. The number of nitrogens with one attached hydrogen (secondary N) is 1. The van der Waals surface area contributed by atoms with Crippen LogP contribution in [0.25, 0.3) is 0 Å². The molecular formula is C13H21N. The van der Waals surface area contributed by atoms with E-state index in [0.717, 1.165) is 5.92 Å². The van der Waals surface area contributed by atoms with E-state index >= 15 is 0 Å². The van der Waals surface area contributed by atoms with E-state index in [9.17, 15) is 0 Å². The van der Waals surface area contributed by atoms with Crippen molar-refractivity contribution in [3.63, 3.8) is 0 Å². The molecule has 0 radical (unpaired) electrons. The second kappa shape index (κ2) is 4.68. The molecule has 0 spiro atoms. The largest absolute Gasteiger partial charge is 0.365 e. The van der Waals surface area contributed by atoms with Crippen LogP contribution in [0.1, 0.15) is 62.6 Å². The molecule has 0 fully saturated rings. The fourth-order valence-corrected chi connectivity index (χ4v) is 2.51. The lowest BCUT2D eigenvalue weighted by atomic mass is 9.91. The Bertz CT molecular complexity index is 275. The molecule has 1 unspecified atom stereocenters. The second-order valence-corrected chi connectivity index (χ2v) is 4.52. The Morgan fingerprint density at radius 2 is 2.14 bits per heavy atom. The first-order chi connectivity index (χ1) is 6.90. The van der Waals surface area contributed by atoms with E-state index in [-0.39, 0.29) is 0 Å². The summed E-state index contributed by atoms with van der Waals surface area (Å²) in [6.45, 7) is 2.31. The fraction of sp³-hybridized carbons (Fsp3) is 0.692. The van der Waals surface area contributed by atoms with Gasteiger partial charge in [-0.15, -0.1) is 0 Å². The quantitative estimate of drug-likeness (QED) is 0.690. The average Bonchev–Trinajstić information content (AvgIpc) is 2.65. The summed E-state index contributed by atoms with van der Waals surface area (Å²) in [5.74, 6) is 0.804. The van der Waals surface area contributed by atoms with Crippen molar-refractivity contribution in [2.45, 2.75) is 57.8 Å². The molecule has 0 aromatic carbocycles. The highest BCUT2D eigenvalue weighted by molar-refractivity contribution is 5.21. The molecule has 1 aromatic rings. The van der Waals surface area contributed by atoms with Crippen LogP contribution in [0.5, 0.6) is 0 Å². The zero-order valence-corrected chi connectivity index (χ0v) is 9.18. The Morgan fingerprint density at radius 1 is 1.29 bits per heavy atom. The number of aromatic nitrogens is 1. The summed E-state index contributed by atoms with van der Waals surface area (Å²) in [7, 11) is 0. The molecule has 1 nitrogen and oxygen atoms in total. The average molecular weight is 191 g/mol. The molecule has 2 rings (SSSR count). The number of fused-ring (bicyclic) bond motifs is 2. The number of rotatable bonds is 1. The van der Waals surface area contributed by atoms with Gasteiger partial charge in [0, 0.05) is 11.9 Å². The lowest BCUT2D eigenvalue weighted by Gasteiger charge is -2.13. The van der Waals surface area contributed by atoms with E-state index in [1.165, 1.54) is 50.6 Å². The summed E-state index contributed by atoms with van der Waals surface area (Å²) >= 11 is 0. The summed E-state index contributed by atoms with van der Waals surface area (Å²) in [6.07, 6.45) is 11.8. The third kappa shape index (κ3) is 2.20. The van der Waals surface area contributed by atoms with Gasteiger partial charge in [-0.3, -0.25) is 0 Å². The van der Waals surface area contributed by atoms with Gasteiger partial charge in [0.2, 0.25) is 0 Å². The number of hydrogen-bond donors (Lipinski definition) is 1. The molecule has 1 atom stereocenters. The Morgan fingerprint density at radius 3 is 3.00 bits per heavy atom. The van der Waals surface area contributed by atoms with Crippen LogP contribution < -0.4 is 0 Å². The summed E-state index contributed by atoms with van der Waals surface area (Å²) in [6, 6.07) is 2.39. The van der Waals surface area contributed by atoms with E-state index < -0.39 is 0 Å². The van der Waals surface area contributed by atoms with Crippen molar-refractivity contribution in [2.75, 3.05) is 0 Å². The predicted molar refractivity (Wildman–Crippen MR) is 60.6 cm³/mol. The van der Waals surface area contributed by atoms with Gasteiger partial charge in [0.1, 0.15) is 0 Å². The van der Waals surface area contributed by atoms with E-state index in [1.807, 2.05) is 0 Å². The second-order valence-electron chi connectivity index (χ2n) is 4.52. The number of aryl methyl sites for hydroxylation is 1. The number of H-pyrrole nitrogens is 1. The third-order valence-electron chi connectivity index (χ3n) is 3.48. The SMILES string of the molecule is CCC1CCCCCCc2cc1c[nH]2. The first-order valence-electron chi connectivity index (χ1n) is 6.07. The lowest BCUT2D eigenvalue weighted by molar-refractivity contribution is 0.534. The third-order valence-corrected chi connectivity index (χ3v) is 3.48. The maximum absolute atomic E-state index is 3.42. The number of hydrogen-bond acceptors (Lipinski definition) is 0. The molecule has 1 aliphatic carbocycles. The Hall–Kier alpha value is -0.720. The minimum Gasteiger partial charge on any atom is -0.365 e. The van der Waals surface area contributed by atoms with Gasteiger partial charge in [-0.1, -0.05) is 26.2 Å². The summed E-state index contributed by atoms with van der Waals surface area (Å²) < 4.78 is 0. The van der Waals surface area contributed by atoms with Gasteiger partial charge in [0.05, 0.1) is 0 Å². The summed E-state index contributed by atoms with van der Waals surface area (Å²) in [4.78, 5) is 3.42. The molecule has 0 saturated heterocycles. The van der Waals surface area contributed by atoms with Gasteiger partial charge in [0.25, 0.3) is 0 Å². The zero-order valence-electron chi connectivity index (χ0n) is 9.18. The standard InChI is InChI=1S/C13H21N/c1-2-11-7-5-3-4-6-8-13-9-12(11)10-14-13/h9-11,14H,2-8H2,1H3. The van der Waals surface area contributed by atoms with Crippen LogP contribution >= 0.6 is 0 Å². The van der Waals surface area contributed by atoms with E-state index in [1.54, 1.807) is 5.56 Å². The molecule has 0 saturated carbocycles. The van der Waals surface area contributed by atoms with Crippen molar-refractivity contribution in [1.29, 1.82) is 0 Å². The van der Waals surface area contributed by atoms with Gasteiger partial charge in [-0.25, -0.2) is 0 Å². The molecule has 78 valence electrons. The Kier molecular flexibility index (Phi) is 3.28. The normalized spacial score (nSPS) is 23.4. The maximum atomic E-state index is 3.42. The van der Waals surface area contributed by atoms with Gasteiger partial charge in [-0.2, -0.15) is 0 Å². The van der Waals surface area contributed by atoms with Gasteiger partial charge in [-0.05, 0) is 43.2 Å². The molecule has 2 bridgehead atoms. The Balaban J connectivity index is 2.14. The molecule has 1 aromatic heterocycles. The number of aromatic amines is 1. The van der Waals surface area contributed by atoms with Crippen LogP contribution in [-0.2, 0) is 6.42 Å². The molecule has 1 N–H and O–H groups in total. The molecular weight excluding hydrogens is 170 g/mol. The van der Waals surface area contributed by atoms with E-state index in [0.29, 0.717) is 0 Å². The van der Waals surface area contributed by atoms with Gasteiger partial charge >= 0.3 is 0 Å². The first kappa shape index (κ1) is 9.82. The van der Waals surface area contributed by atoms with Gasteiger partial charge < -0.3 is 4.98 Å². The fourth-order valence-electron chi connectivity index (χ4n) is 2.51. The van der Waals surface area contributed by atoms with Crippen LogP contribution in [0, 0.1) is 0 Å².